The van der Waals surface area contributed by atoms with Crippen LogP contribution in [0.2, 0.25) is 0 Å². The third-order valence-corrected chi connectivity index (χ3v) is 1.00. The lowest BCUT2D eigenvalue weighted by atomic mass is 10.0. The fraction of sp³-hybridized carbons (Fsp3) is 0. The molecular formula is C4H5BN2O2. The third kappa shape index (κ3) is 1.10. The zero-order valence-electron chi connectivity index (χ0n) is 4.89. The number of nitrogens with one attached hydrogen (secondary N) is 2. The van der Waals surface area contributed by atoms with Gasteiger partial charge in [0, 0.05) is 6.20 Å². The Hall–Kier alpha value is -1.26. The van der Waals surface area contributed by atoms with Crippen LogP contribution >= 0.6 is 0 Å². The third-order valence-electron chi connectivity index (χ3n) is 1.00. The standard InChI is InChI=1S/C4H5BN2O2/c5-2-1-6-4(9)7-3(2)8/h1H,5H2,(H2,6,7,8,9). The molecule has 0 fully saturated rings. The SMILES string of the molecule is Bc1c[nH]c(=O)[nH]c1=O. The summed E-state index contributed by atoms with van der Waals surface area (Å²) >= 11 is 0. The molecule has 0 saturated carbocycles. The van der Waals surface area contributed by atoms with E-state index in [9.17, 15) is 9.59 Å². The minimum absolute atomic E-state index is 0.334. The van der Waals surface area contributed by atoms with Gasteiger partial charge in [-0.05, 0) is 5.46 Å². The Morgan fingerprint density at radius 3 is 2.56 bits per heavy atom. The molecule has 1 aromatic rings. The molecule has 0 aromatic carbocycles. The number of rotatable bonds is 0. The molecule has 2 N–H and O–H groups in total. The quantitative estimate of drug-likeness (QED) is 0.370. The van der Waals surface area contributed by atoms with Crippen molar-refractivity contribution in [1.82, 2.24) is 9.97 Å². The Balaban J connectivity index is 3.52. The van der Waals surface area contributed by atoms with Crippen molar-refractivity contribution in [2.45, 2.75) is 0 Å². The molecule has 9 heavy (non-hydrogen) atoms. The summed E-state index contributed by atoms with van der Waals surface area (Å²) in [5.41, 5.74) is -0.293. The first-order valence-electron chi connectivity index (χ1n) is 2.49. The number of hydrogen-bond acceptors (Lipinski definition) is 2. The Bertz CT molecular complexity index is 313. The molecule has 0 aliphatic heterocycles. The molecule has 0 unspecified atom stereocenters. The summed E-state index contributed by atoms with van der Waals surface area (Å²) in [6, 6.07) is 0. The van der Waals surface area contributed by atoms with E-state index in [0.717, 1.165) is 0 Å². The van der Waals surface area contributed by atoms with Gasteiger partial charge in [0.15, 0.2) is 0 Å². The highest BCUT2D eigenvalue weighted by atomic mass is 16.2. The Morgan fingerprint density at radius 1 is 1.44 bits per heavy atom. The zero-order chi connectivity index (χ0) is 6.85. The van der Waals surface area contributed by atoms with Crippen molar-refractivity contribution in [1.29, 1.82) is 0 Å². The van der Waals surface area contributed by atoms with Gasteiger partial charge in [0.25, 0.3) is 0 Å². The smallest absolute Gasteiger partial charge is 0.315 e. The minimum atomic E-state index is -0.467. The number of H-pyrrole nitrogens is 2. The molecule has 4 nitrogen and oxygen atoms in total. The van der Waals surface area contributed by atoms with E-state index < -0.39 is 5.69 Å². The fourth-order valence-electron chi connectivity index (χ4n) is 0.477. The summed E-state index contributed by atoms with van der Waals surface area (Å²) in [6.45, 7) is 0. The lowest BCUT2D eigenvalue weighted by Crippen LogP contribution is -2.34. The maximum absolute atomic E-state index is 10.6. The van der Waals surface area contributed by atoms with Gasteiger partial charge in [-0.3, -0.25) is 9.78 Å². The number of aromatic nitrogens is 2. The van der Waals surface area contributed by atoms with Crippen LogP contribution in [0.3, 0.4) is 0 Å². The zero-order valence-corrected chi connectivity index (χ0v) is 4.89. The van der Waals surface area contributed by atoms with Gasteiger partial charge >= 0.3 is 5.69 Å². The molecule has 1 aromatic heterocycles. The summed E-state index contributed by atoms with van der Waals surface area (Å²) in [5, 5.41) is 0. The summed E-state index contributed by atoms with van der Waals surface area (Å²) in [4.78, 5) is 25.3. The predicted octanol–water partition coefficient (Wildman–Crippen LogP) is -2.68. The maximum atomic E-state index is 10.6. The predicted molar refractivity (Wildman–Crippen MR) is 35.9 cm³/mol. The second kappa shape index (κ2) is 1.93. The van der Waals surface area contributed by atoms with Crippen molar-refractivity contribution in [3.63, 3.8) is 0 Å². The maximum Gasteiger partial charge on any atom is 0.325 e. The van der Waals surface area contributed by atoms with Crippen molar-refractivity contribution in [2.75, 3.05) is 0 Å². The van der Waals surface area contributed by atoms with Crippen LogP contribution in [0, 0.1) is 0 Å². The van der Waals surface area contributed by atoms with Gasteiger partial charge in [-0.2, -0.15) is 0 Å². The van der Waals surface area contributed by atoms with Crippen LogP contribution in [0.4, 0.5) is 0 Å². The van der Waals surface area contributed by atoms with Crippen LogP contribution in [0.5, 0.6) is 0 Å². The van der Waals surface area contributed by atoms with Crippen molar-refractivity contribution < 1.29 is 0 Å². The molecule has 1 heterocycles. The van der Waals surface area contributed by atoms with E-state index in [0.29, 0.717) is 5.46 Å². The van der Waals surface area contributed by atoms with Crippen molar-refractivity contribution >= 4 is 13.3 Å². The van der Waals surface area contributed by atoms with Crippen LogP contribution < -0.4 is 16.7 Å². The van der Waals surface area contributed by atoms with Crippen LogP contribution in [-0.4, -0.2) is 17.8 Å². The second-order valence-electron chi connectivity index (χ2n) is 1.75. The highest BCUT2D eigenvalue weighted by Gasteiger charge is 1.88. The topological polar surface area (TPSA) is 65.7 Å². The Kier molecular flexibility index (Phi) is 1.26. The van der Waals surface area contributed by atoms with Crippen molar-refractivity contribution in [3.05, 3.63) is 27.0 Å². The largest absolute Gasteiger partial charge is 0.325 e. The van der Waals surface area contributed by atoms with Gasteiger partial charge in [-0.15, -0.1) is 0 Å². The molecule has 0 bridgehead atoms. The van der Waals surface area contributed by atoms with Gasteiger partial charge in [0.05, 0.1) is 0 Å². The fourth-order valence-corrected chi connectivity index (χ4v) is 0.477. The lowest BCUT2D eigenvalue weighted by Gasteiger charge is -1.84. The van der Waals surface area contributed by atoms with Gasteiger partial charge < -0.3 is 4.98 Å². The van der Waals surface area contributed by atoms with Gasteiger partial charge in [0.2, 0.25) is 5.56 Å². The molecule has 1 rings (SSSR count). The van der Waals surface area contributed by atoms with Crippen LogP contribution in [0.1, 0.15) is 0 Å². The lowest BCUT2D eigenvalue weighted by molar-refractivity contribution is 1.05. The van der Waals surface area contributed by atoms with Crippen LogP contribution in [0.25, 0.3) is 0 Å². The normalized spacial score (nSPS) is 9.33. The molecule has 0 aliphatic rings. The molecule has 0 atom stereocenters. The van der Waals surface area contributed by atoms with E-state index in [4.69, 9.17) is 0 Å². The van der Waals surface area contributed by atoms with E-state index >= 15 is 0 Å². The van der Waals surface area contributed by atoms with Gasteiger partial charge in [0.1, 0.15) is 7.85 Å². The highest BCUT2D eigenvalue weighted by molar-refractivity contribution is 6.31. The minimum Gasteiger partial charge on any atom is -0.315 e. The highest BCUT2D eigenvalue weighted by Crippen LogP contribution is 1.47. The van der Waals surface area contributed by atoms with Crippen LogP contribution in [-0.2, 0) is 0 Å². The summed E-state index contributed by atoms with van der Waals surface area (Å²) < 4.78 is 0. The van der Waals surface area contributed by atoms with Gasteiger partial charge in [-0.25, -0.2) is 4.79 Å². The number of aromatic amines is 2. The molecule has 0 aliphatic carbocycles. The van der Waals surface area contributed by atoms with Crippen molar-refractivity contribution in [3.8, 4) is 0 Å². The average molecular weight is 124 g/mol. The Labute approximate surface area is 51.3 Å². The molecule has 0 amide bonds. The second-order valence-corrected chi connectivity index (χ2v) is 1.75. The number of hydrogen-bond donors (Lipinski definition) is 2. The first-order chi connectivity index (χ1) is 4.20. The van der Waals surface area contributed by atoms with Gasteiger partial charge in [-0.1, -0.05) is 0 Å². The first kappa shape index (κ1) is 5.87. The van der Waals surface area contributed by atoms with Crippen molar-refractivity contribution in [2.24, 2.45) is 0 Å². The van der Waals surface area contributed by atoms with Crippen LogP contribution in [0.15, 0.2) is 15.8 Å². The molecule has 0 saturated heterocycles. The summed E-state index contributed by atoms with van der Waals surface area (Å²) in [7, 11) is 1.62. The average Bonchev–Trinajstić information content (AvgIpc) is 1.80. The first-order valence-corrected chi connectivity index (χ1v) is 2.49. The molecule has 5 heteroatoms. The summed E-state index contributed by atoms with van der Waals surface area (Å²) in [5.74, 6) is 0. The molecule has 0 radical (unpaired) electrons. The summed E-state index contributed by atoms with van der Waals surface area (Å²) in [6.07, 6.45) is 1.38. The van der Waals surface area contributed by atoms with E-state index in [1.807, 2.05) is 0 Å². The Morgan fingerprint density at radius 2 is 2.11 bits per heavy atom. The monoisotopic (exact) mass is 124 g/mol. The van der Waals surface area contributed by atoms with E-state index in [1.165, 1.54) is 6.20 Å². The molecular weight excluding hydrogens is 119 g/mol. The van der Waals surface area contributed by atoms with E-state index in [2.05, 4.69) is 9.97 Å². The molecule has 0 spiro atoms. The van der Waals surface area contributed by atoms with E-state index in [1.54, 1.807) is 7.85 Å². The van der Waals surface area contributed by atoms with E-state index in [-0.39, 0.29) is 5.56 Å². The molecule has 46 valence electrons.